The molecule has 0 spiro atoms. The molecule has 2 unspecified atom stereocenters. The highest BCUT2D eigenvalue weighted by molar-refractivity contribution is 5.75. The predicted molar refractivity (Wildman–Crippen MR) is 78.5 cm³/mol. The van der Waals surface area contributed by atoms with E-state index < -0.39 is 41.1 Å². The molecule has 0 saturated carbocycles. The monoisotopic (exact) mass is 371 g/mol. The number of methoxy groups -OCH3 is 1. The molecule has 0 aliphatic carbocycles. The van der Waals surface area contributed by atoms with Crippen molar-refractivity contribution in [2.45, 2.75) is 44.6 Å². The summed E-state index contributed by atoms with van der Waals surface area (Å²) in [5.41, 5.74) is 2.92. The number of esters is 1. The van der Waals surface area contributed by atoms with Crippen LogP contribution in [0.5, 0.6) is 0 Å². The van der Waals surface area contributed by atoms with Gasteiger partial charge in [-0.2, -0.15) is 26.3 Å². The molecule has 1 aromatic carbocycles. The number of carbonyl (C=O) groups excluding carboxylic acids is 1. The van der Waals surface area contributed by atoms with Gasteiger partial charge >= 0.3 is 18.3 Å². The zero-order chi connectivity index (χ0) is 19.4. The number of hydrogen-bond donors (Lipinski definition) is 1. The van der Waals surface area contributed by atoms with Crippen LogP contribution in [0.2, 0.25) is 0 Å². The van der Waals surface area contributed by atoms with Crippen LogP contribution in [-0.4, -0.2) is 19.1 Å². The molecule has 0 amide bonds. The Balaban J connectivity index is 2.93. The lowest BCUT2D eigenvalue weighted by molar-refractivity contribution is -0.142. The van der Waals surface area contributed by atoms with Gasteiger partial charge in [0.15, 0.2) is 0 Å². The fourth-order valence-electron chi connectivity index (χ4n) is 2.45. The van der Waals surface area contributed by atoms with Crippen LogP contribution >= 0.6 is 0 Å². The highest BCUT2D eigenvalue weighted by Crippen LogP contribution is 2.37. The van der Waals surface area contributed by atoms with Crippen LogP contribution in [0.25, 0.3) is 0 Å². The quantitative estimate of drug-likeness (QED) is 0.603. The molecular formula is C16H19F6NO2. The van der Waals surface area contributed by atoms with E-state index in [9.17, 15) is 31.1 Å². The molecule has 3 nitrogen and oxygen atoms in total. The second-order valence-electron chi connectivity index (χ2n) is 5.88. The summed E-state index contributed by atoms with van der Waals surface area (Å²) >= 11 is 0. The maximum Gasteiger partial charge on any atom is 0.416 e. The van der Waals surface area contributed by atoms with Crippen molar-refractivity contribution in [2.24, 2.45) is 11.7 Å². The molecule has 0 bridgehead atoms. The smallest absolute Gasteiger partial charge is 0.416 e. The molecule has 0 aliphatic rings. The molecule has 0 heterocycles. The van der Waals surface area contributed by atoms with Crippen molar-refractivity contribution in [1.82, 2.24) is 0 Å². The number of benzene rings is 1. The molecule has 142 valence electrons. The number of alkyl halides is 6. The Bertz CT molecular complexity index is 597. The number of halogens is 6. The summed E-state index contributed by atoms with van der Waals surface area (Å²) in [5.74, 6) is -0.924. The maximum absolute atomic E-state index is 13.0. The average molecular weight is 371 g/mol. The first-order chi connectivity index (χ1) is 11.4. The Morgan fingerprint density at radius 2 is 1.76 bits per heavy atom. The third-order valence-corrected chi connectivity index (χ3v) is 3.80. The lowest BCUT2D eigenvalue weighted by Crippen LogP contribution is -2.33. The van der Waals surface area contributed by atoms with Gasteiger partial charge in [0.2, 0.25) is 0 Å². The molecule has 2 atom stereocenters. The van der Waals surface area contributed by atoms with Gasteiger partial charge in [-0.05, 0) is 48.9 Å². The third kappa shape index (κ3) is 6.22. The normalized spacial score (nSPS) is 14.9. The minimum Gasteiger partial charge on any atom is -0.468 e. The van der Waals surface area contributed by atoms with E-state index in [1.165, 1.54) is 0 Å². The molecule has 1 aromatic rings. The van der Waals surface area contributed by atoms with Gasteiger partial charge in [-0.1, -0.05) is 6.92 Å². The summed E-state index contributed by atoms with van der Waals surface area (Å²) in [5, 5.41) is 0. The first kappa shape index (κ1) is 21.3. The molecule has 9 heteroatoms. The minimum atomic E-state index is -4.74. The van der Waals surface area contributed by atoms with Crippen LogP contribution in [0.4, 0.5) is 26.3 Å². The van der Waals surface area contributed by atoms with Crippen LogP contribution in [0.1, 0.15) is 36.5 Å². The molecule has 0 fully saturated rings. The van der Waals surface area contributed by atoms with Gasteiger partial charge in [0.25, 0.3) is 0 Å². The Morgan fingerprint density at radius 1 is 1.16 bits per heavy atom. The van der Waals surface area contributed by atoms with E-state index in [0.29, 0.717) is 18.2 Å². The number of hydrogen-bond acceptors (Lipinski definition) is 3. The summed E-state index contributed by atoms with van der Waals surface area (Å²) < 4.78 is 81.7. The minimum absolute atomic E-state index is 0.148. The molecule has 0 aliphatic heterocycles. The first-order valence-electron chi connectivity index (χ1n) is 7.47. The largest absolute Gasteiger partial charge is 0.468 e. The van der Waals surface area contributed by atoms with E-state index in [1.807, 2.05) is 0 Å². The first-order valence-corrected chi connectivity index (χ1v) is 7.47. The lowest BCUT2D eigenvalue weighted by Gasteiger charge is -2.18. The number of rotatable bonds is 6. The molecule has 0 radical (unpaired) electrons. The molecule has 0 saturated heterocycles. The molecule has 2 N–H and O–H groups in total. The number of nitrogens with two attached hydrogens (primary N) is 1. The zero-order valence-corrected chi connectivity index (χ0v) is 13.7. The summed E-state index contributed by atoms with van der Waals surface area (Å²) in [7, 11) is 1.16. The Kier molecular flexibility index (Phi) is 6.87. The topological polar surface area (TPSA) is 52.3 Å². The van der Waals surface area contributed by atoms with Gasteiger partial charge in [0, 0.05) is 0 Å². The van der Waals surface area contributed by atoms with Crippen molar-refractivity contribution in [1.29, 1.82) is 0 Å². The summed E-state index contributed by atoms with van der Waals surface area (Å²) in [6, 6.07) is 0.463. The van der Waals surface area contributed by atoms with Crippen molar-refractivity contribution in [2.75, 3.05) is 7.11 Å². The maximum atomic E-state index is 13.0. The molecular weight excluding hydrogens is 352 g/mol. The zero-order valence-electron chi connectivity index (χ0n) is 13.7. The van der Waals surface area contributed by atoms with Gasteiger partial charge in [0.05, 0.1) is 18.2 Å². The van der Waals surface area contributed by atoms with Gasteiger partial charge in [-0.25, -0.2) is 0 Å². The Hall–Kier alpha value is -1.77. The SMILES string of the molecule is COC(=O)C(N)CC(C)CCc1cc(C(F)(F)F)ccc1C(F)(F)F. The average Bonchev–Trinajstić information content (AvgIpc) is 2.49. The van der Waals surface area contributed by atoms with Crippen LogP contribution < -0.4 is 5.73 Å². The Morgan fingerprint density at radius 3 is 2.24 bits per heavy atom. The highest BCUT2D eigenvalue weighted by atomic mass is 19.4. The van der Waals surface area contributed by atoms with Crippen LogP contribution in [-0.2, 0) is 28.3 Å². The second-order valence-corrected chi connectivity index (χ2v) is 5.88. The van der Waals surface area contributed by atoms with Gasteiger partial charge in [-0.3, -0.25) is 4.79 Å². The van der Waals surface area contributed by atoms with Crippen molar-refractivity contribution in [3.8, 4) is 0 Å². The third-order valence-electron chi connectivity index (χ3n) is 3.80. The highest BCUT2D eigenvalue weighted by Gasteiger charge is 2.36. The van der Waals surface area contributed by atoms with Crippen molar-refractivity contribution < 1.29 is 35.9 Å². The van der Waals surface area contributed by atoms with E-state index in [1.54, 1.807) is 6.92 Å². The van der Waals surface area contributed by atoms with Crippen LogP contribution in [0, 0.1) is 5.92 Å². The van der Waals surface area contributed by atoms with Gasteiger partial charge in [0.1, 0.15) is 6.04 Å². The van der Waals surface area contributed by atoms with Crippen molar-refractivity contribution in [3.05, 3.63) is 34.9 Å². The van der Waals surface area contributed by atoms with E-state index in [-0.39, 0.29) is 25.2 Å². The van der Waals surface area contributed by atoms with Crippen molar-refractivity contribution in [3.63, 3.8) is 0 Å². The Labute approximate surface area is 141 Å². The van der Waals surface area contributed by atoms with Gasteiger partial charge in [-0.15, -0.1) is 0 Å². The van der Waals surface area contributed by atoms with Crippen LogP contribution in [0.15, 0.2) is 18.2 Å². The summed E-state index contributed by atoms with van der Waals surface area (Å²) in [6.07, 6.45) is -9.38. The summed E-state index contributed by atoms with van der Waals surface area (Å²) in [6.45, 7) is 1.66. The number of aryl methyl sites for hydroxylation is 1. The van der Waals surface area contributed by atoms with Gasteiger partial charge < -0.3 is 10.5 Å². The van der Waals surface area contributed by atoms with Crippen molar-refractivity contribution >= 4 is 5.97 Å². The number of carbonyl (C=O) groups is 1. The predicted octanol–water partition coefficient (Wildman–Crippen LogP) is 4.18. The molecule has 0 aromatic heterocycles. The molecule has 1 rings (SSSR count). The lowest BCUT2D eigenvalue weighted by atomic mass is 9.92. The second kappa shape index (κ2) is 8.07. The van der Waals surface area contributed by atoms with E-state index >= 15 is 0 Å². The van der Waals surface area contributed by atoms with E-state index in [0.717, 1.165) is 7.11 Å². The number of ether oxygens (including phenoxy) is 1. The van der Waals surface area contributed by atoms with E-state index in [2.05, 4.69) is 4.74 Å². The fraction of sp³-hybridized carbons (Fsp3) is 0.562. The van der Waals surface area contributed by atoms with Crippen LogP contribution in [0.3, 0.4) is 0 Å². The van der Waals surface area contributed by atoms with E-state index in [4.69, 9.17) is 5.73 Å². The fourth-order valence-corrected chi connectivity index (χ4v) is 2.45. The summed E-state index contributed by atoms with van der Waals surface area (Å²) in [4.78, 5) is 11.2. The standard InChI is InChI=1S/C16H19F6NO2/c1-9(7-13(23)14(24)25-2)3-4-10-8-11(15(17,18)19)5-6-12(10)16(20,21)22/h5-6,8-9,13H,3-4,7,23H2,1-2H3. The molecule has 25 heavy (non-hydrogen) atoms.